The number of fused-ring (bicyclic) bond motifs is 1. The smallest absolute Gasteiger partial charge is 0.211 e. The highest BCUT2D eigenvalue weighted by atomic mass is 32.2. The molecule has 0 bridgehead atoms. The van der Waals surface area contributed by atoms with Crippen LogP contribution >= 0.6 is 0 Å². The number of hydrogen-bond acceptors (Lipinski definition) is 5. The van der Waals surface area contributed by atoms with Crippen molar-refractivity contribution in [2.75, 3.05) is 7.11 Å². The second-order valence-electron chi connectivity index (χ2n) is 4.66. The SMILES string of the molecule is CON1C=CC=CC1=CC=C1C(=O)c2ccccc2S1(=O)=O. The molecule has 0 unspecified atom stereocenters. The van der Waals surface area contributed by atoms with Crippen LogP contribution in [0.4, 0.5) is 0 Å². The van der Waals surface area contributed by atoms with E-state index in [1.807, 2.05) is 0 Å². The van der Waals surface area contributed by atoms with E-state index >= 15 is 0 Å². The zero-order valence-corrected chi connectivity index (χ0v) is 12.6. The standard InChI is InChI=1S/C16H13NO4S/c1-21-17-11-5-4-6-12(17)9-10-15-16(18)13-7-2-3-8-14(13)22(15,19)20/h2-11H,1H3. The first kappa shape index (κ1) is 14.5. The molecular weight excluding hydrogens is 302 g/mol. The van der Waals surface area contributed by atoms with Crippen LogP contribution in [0.15, 0.2) is 76.3 Å². The van der Waals surface area contributed by atoms with Crippen molar-refractivity contribution in [3.8, 4) is 0 Å². The summed E-state index contributed by atoms with van der Waals surface area (Å²) in [5, 5.41) is 1.47. The van der Waals surface area contributed by atoms with E-state index in [-0.39, 0.29) is 15.4 Å². The van der Waals surface area contributed by atoms with Crippen LogP contribution in [0.2, 0.25) is 0 Å². The Morgan fingerprint density at radius 3 is 2.64 bits per heavy atom. The molecular formula is C16H13NO4S. The normalized spacial score (nSPS) is 22.6. The van der Waals surface area contributed by atoms with Crippen molar-refractivity contribution in [3.63, 3.8) is 0 Å². The molecule has 0 saturated heterocycles. The molecule has 0 aliphatic carbocycles. The Labute approximate surface area is 128 Å². The highest BCUT2D eigenvalue weighted by Gasteiger charge is 2.38. The summed E-state index contributed by atoms with van der Waals surface area (Å²) in [4.78, 5) is 17.2. The van der Waals surface area contributed by atoms with Crippen LogP contribution in [0.5, 0.6) is 0 Å². The van der Waals surface area contributed by atoms with Gasteiger partial charge in [0.25, 0.3) is 0 Å². The molecule has 0 N–H and O–H groups in total. The molecule has 6 heteroatoms. The zero-order valence-electron chi connectivity index (χ0n) is 11.8. The fraction of sp³-hybridized carbons (Fsp3) is 0.0625. The van der Waals surface area contributed by atoms with Gasteiger partial charge in [0, 0.05) is 11.8 Å². The van der Waals surface area contributed by atoms with Gasteiger partial charge in [-0.05, 0) is 36.4 Å². The molecule has 0 amide bonds. The first-order valence-corrected chi connectivity index (χ1v) is 8.03. The first-order valence-electron chi connectivity index (χ1n) is 6.55. The van der Waals surface area contributed by atoms with E-state index in [1.54, 1.807) is 42.6 Å². The minimum Gasteiger partial charge on any atom is -0.288 e. The number of carbonyl (C=O) groups excluding carboxylic acids is 1. The Balaban J connectivity index is 2.05. The number of ketones is 1. The third-order valence-corrected chi connectivity index (χ3v) is 5.23. The van der Waals surface area contributed by atoms with Crippen LogP contribution in [-0.2, 0) is 14.7 Å². The molecule has 112 valence electrons. The molecule has 0 fully saturated rings. The highest BCUT2D eigenvalue weighted by Crippen LogP contribution is 2.33. The summed E-state index contributed by atoms with van der Waals surface area (Å²) in [5.74, 6) is -0.480. The van der Waals surface area contributed by atoms with E-state index in [0.717, 1.165) is 0 Å². The molecule has 0 saturated carbocycles. The Morgan fingerprint density at radius 2 is 1.91 bits per heavy atom. The quantitative estimate of drug-likeness (QED) is 0.784. The molecule has 0 aromatic heterocycles. The Morgan fingerprint density at radius 1 is 1.14 bits per heavy atom. The Kier molecular flexibility index (Phi) is 3.56. The summed E-state index contributed by atoms with van der Waals surface area (Å²) >= 11 is 0. The van der Waals surface area contributed by atoms with Gasteiger partial charge in [0.05, 0.1) is 17.7 Å². The van der Waals surface area contributed by atoms with E-state index in [2.05, 4.69) is 0 Å². The second kappa shape index (κ2) is 5.40. The number of allylic oxidation sites excluding steroid dienone is 6. The highest BCUT2D eigenvalue weighted by molar-refractivity contribution is 7.97. The van der Waals surface area contributed by atoms with Crippen molar-refractivity contribution in [2.45, 2.75) is 4.90 Å². The largest absolute Gasteiger partial charge is 0.288 e. The minimum atomic E-state index is -3.76. The third-order valence-electron chi connectivity index (χ3n) is 3.39. The molecule has 2 aliphatic rings. The van der Waals surface area contributed by atoms with Crippen LogP contribution in [0.3, 0.4) is 0 Å². The lowest BCUT2D eigenvalue weighted by Gasteiger charge is -2.19. The average molecular weight is 315 g/mol. The molecule has 0 radical (unpaired) electrons. The summed E-state index contributed by atoms with van der Waals surface area (Å²) in [7, 11) is -2.26. The van der Waals surface area contributed by atoms with Gasteiger partial charge in [-0.1, -0.05) is 18.2 Å². The fourth-order valence-electron chi connectivity index (χ4n) is 2.32. The van der Waals surface area contributed by atoms with Gasteiger partial charge in [-0.3, -0.25) is 9.63 Å². The topological polar surface area (TPSA) is 63.7 Å². The van der Waals surface area contributed by atoms with Crippen molar-refractivity contribution < 1.29 is 18.0 Å². The van der Waals surface area contributed by atoms with Crippen LogP contribution in [0.1, 0.15) is 10.4 Å². The fourth-order valence-corrected chi connectivity index (χ4v) is 3.87. The van der Waals surface area contributed by atoms with Gasteiger partial charge < -0.3 is 0 Å². The Hall–Kier alpha value is -2.44. The number of Topliss-reactive ketones (excluding diaryl/α,β-unsaturated/α-hetero) is 1. The molecule has 2 heterocycles. The minimum absolute atomic E-state index is 0.0623. The first-order chi connectivity index (χ1) is 10.6. The maximum atomic E-state index is 12.4. The third kappa shape index (κ3) is 2.22. The van der Waals surface area contributed by atoms with Crippen molar-refractivity contribution in [3.05, 3.63) is 77.0 Å². The lowest BCUT2D eigenvalue weighted by Crippen LogP contribution is -2.15. The molecule has 5 nitrogen and oxygen atoms in total. The second-order valence-corrected chi connectivity index (χ2v) is 6.55. The zero-order chi connectivity index (χ0) is 15.7. The summed E-state index contributed by atoms with van der Waals surface area (Å²) < 4.78 is 24.8. The van der Waals surface area contributed by atoms with E-state index in [0.29, 0.717) is 5.70 Å². The van der Waals surface area contributed by atoms with Crippen LogP contribution in [-0.4, -0.2) is 26.4 Å². The lowest BCUT2D eigenvalue weighted by atomic mass is 10.1. The maximum absolute atomic E-state index is 12.4. The molecule has 0 atom stereocenters. The van der Waals surface area contributed by atoms with Gasteiger partial charge in [0.2, 0.25) is 15.6 Å². The van der Waals surface area contributed by atoms with Gasteiger partial charge >= 0.3 is 0 Å². The van der Waals surface area contributed by atoms with E-state index in [9.17, 15) is 13.2 Å². The van der Waals surface area contributed by atoms with Crippen molar-refractivity contribution in [2.24, 2.45) is 0 Å². The number of hydrogen-bond donors (Lipinski definition) is 0. The predicted molar refractivity (Wildman–Crippen MR) is 81.3 cm³/mol. The number of sulfone groups is 1. The van der Waals surface area contributed by atoms with E-state index < -0.39 is 15.6 Å². The molecule has 1 aromatic carbocycles. The average Bonchev–Trinajstić information content (AvgIpc) is 2.73. The molecule has 0 spiro atoms. The molecule has 1 aromatic rings. The monoisotopic (exact) mass is 315 g/mol. The maximum Gasteiger partial charge on any atom is 0.211 e. The molecule has 3 rings (SSSR count). The summed E-state index contributed by atoms with van der Waals surface area (Å²) in [5.41, 5.74) is 0.839. The summed E-state index contributed by atoms with van der Waals surface area (Å²) in [6.07, 6.45) is 9.87. The van der Waals surface area contributed by atoms with Crippen molar-refractivity contribution >= 4 is 15.6 Å². The number of nitrogens with zero attached hydrogens (tertiary/aromatic N) is 1. The number of hydroxylamine groups is 2. The van der Waals surface area contributed by atoms with Gasteiger partial charge in [-0.15, -0.1) is 0 Å². The predicted octanol–water partition coefficient (Wildman–Crippen LogP) is 2.37. The van der Waals surface area contributed by atoms with Gasteiger partial charge in [-0.25, -0.2) is 13.5 Å². The Bertz CT molecular complexity index is 860. The number of carbonyl (C=O) groups is 1. The van der Waals surface area contributed by atoms with Crippen molar-refractivity contribution in [1.82, 2.24) is 5.06 Å². The van der Waals surface area contributed by atoms with Crippen LogP contribution < -0.4 is 0 Å². The summed E-state index contributed by atoms with van der Waals surface area (Å²) in [6.45, 7) is 0. The van der Waals surface area contributed by atoms with E-state index in [4.69, 9.17) is 4.84 Å². The van der Waals surface area contributed by atoms with E-state index in [1.165, 1.54) is 30.4 Å². The van der Waals surface area contributed by atoms with Crippen LogP contribution in [0.25, 0.3) is 0 Å². The van der Waals surface area contributed by atoms with Gasteiger partial charge in [0.1, 0.15) is 4.91 Å². The molecule has 2 aliphatic heterocycles. The number of rotatable bonds is 2. The van der Waals surface area contributed by atoms with Gasteiger partial charge in [0.15, 0.2) is 0 Å². The molecule has 22 heavy (non-hydrogen) atoms. The van der Waals surface area contributed by atoms with Crippen molar-refractivity contribution in [1.29, 1.82) is 0 Å². The van der Waals surface area contributed by atoms with Gasteiger partial charge in [-0.2, -0.15) is 0 Å². The summed E-state index contributed by atoms with van der Waals surface area (Å²) in [6, 6.07) is 6.22. The van der Waals surface area contributed by atoms with Crippen LogP contribution in [0, 0.1) is 0 Å². The number of benzene rings is 1. The lowest BCUT2D eigenvalue weighted by molar-refractivity contribution is -0.0534.